The normalized spacial score (nSPS) is 18.8. The third-order valence-corrected chi connectivity index (χ3v) is 4.05. The molecular weight excluding hydrogens is 258 g/mol. The molecule has 0 spiro atoms. The van der Waals surface area contributed by atoms with E-state index in [1.54, 1.807) is 0 Å². The number of unbranched alkanes of at least 4 members (excludes halogenated alkanes) is 1. The number of amides is 1. The molecule has 0 radical (unpaired) electrons. The molecule has 19 heavy (non-hydrogen) atoms. The van der Waals surface area contributed by atoms with E-state index in [0.717, 1.165) is 38.6 Å². The molecule has 0 saturated carbocycles. The van der Waals surface area contributed by atoms with E-state index < -0.39 is 0 Å². The van der Waals surface area contributed by atoms with E-state index in [1.165, 1.54) is 5.56 Å². The Balaban J connectivity index is 1.88. The third-order valence-electron chi connectivity index (χ3n) is 3.79. The summed E-state index contributed by atoms with van der Waals surface area (Å²) in [5.74, 6) is 0.962. The highest BCUT2D eigenvalue weighted by Crippen LogP contribution is 2.22. The Hall–Kier alpha value is -1.02. The van der Waals surface area contributed by atoms with Crippen molar-refractivity contribution in [3.63, 3.8) is 0 Å². The van der Waals surface area contributed by atoms with Crippen LogP contribution in [0.3, 0.4) is 0 Å². The number of rotatable bonds is 6. The van der Waals surface area contributed by atoms with Crippen molar-refractivity contribution >= 4 is 17.5 Å². The van der Waals surface area contributed by atoms with Gasteiger partial charge in [-0.2, -0.15) is 0 Å². The summed E-state index contributed by atoms with van der Waals surface area (Å²) in [4.78, 5) is 14.3. The number of likely N-dealkylation sites (tertiary alicyclic amines) is 1. The van der Waals surface area contributed by atoms with Crippen molar-refractivity contribution in [2.24, 2.45) is 0 Å². The average molecular weight is 280 g/mol. The van der Waals surface area contributed by atoms with E-state index >= 15 is 0 Å². The maximum Gasteiger partial charge on any atom is 0.222 e. The summed E-state index contributed by atoms with van der Waals surface area (Å²) in [5.41, 5.74) is 1.33. The highest BCUT2D eigenvalue weighted by molar-refractivity contribution is 6.17. The van der Waals surface area contributed by atoms with Gasteiger partial charge in [-0.25, -0.2) is 0 Å². The molecule has 1 aliphatic heterocycles. The molecule has 1 aromatic carbocycles. The van der Waals surface area contributed by atoms with Gasteiger partial charge in [-0.15, -0.1) is 11.6 Å². The number of hydrogen-bond donors (Lipinski definition) is 0. The molecule has 2 nitrogen and oxygen atoms in total. The minimum atomic E-state index is 0.309. The van der Waals surface area contributed by atoms with Crippen LogP contribution in [-0.4, -0.2) is 29.3 Å². The van der Waals surface area contributed by atoms with Crippen LogP contribution in [0.5, 0.6) is 0 Å². The zero-order chi connectivity index (χ0) is 13.5. The highest BCUT2D eigenvalue weighted by atomic mass is 35.5. The second-order valence-corrected chi connectivity index (χ2v) is 5.60. The van der Waals surface area contributed by atoms with Gasteiger partial charge >= 0.3 is 0 Å². The molecule has 1 aromatic rings. The first-order valence-electron chi connectivity index (χ1n) is 7.20. The standard InChI is InChI=1S/C16H22ClNO/c17-11-5-4-10-16(19)18-12-6-9-15(18)13-14-7-2-1-3-8-14/h1-3,7-8,15H,4-6,9-13H2. The van der Waals surface area contributed by atoms with Gasteiger partial charge in [0, 0.05) is 24.9 Å². The molecule has 1 aliphatic rings. The number of carbonyl (C=O) groups is 1. The summed E-state index contributed by atoms with van der Waals surface area (Å²) in [7, 11) is 0. The van der Waals surface area contributed by atoms with E-state index in [0.29, 0.717) is 24.2 Å². The van der Waals surface area contributed by atoms with Gasteiger partial charge in [-0.1, -0.05) is 30.3 Å². The van der Waals surface area contributed by atoms with Gasteiger partial charge < -0.3 is 4.90 Å². The van der Waals surface area contributed by atoms with Crippen LogP contribution in [-0.2, 0) is 11.2 Å². The monoisotopic (exact) mass is 279 g/mol. The topological polar surface area (TPSA) is 20.3 Å². The van der Waals surface area contributed by atoms with Crippen LogP contribution in [0.25, 0.3) is 0 Å². The Kier molecular flexibility index (Phi) is 5.71. The number of halogens is 1. The summed E-state index contributed by atoms with van der Waals surface area (Å²) >= 11 is 5.66. The number of benzene rings is 1. The zero-order valence-electron chi connectivity index (χ0n) is 11.4. The lowest BCUT2D eigenvalue weighted by atomic mass is 10.0. The molecule has 1 amide bonds. The molecule has 0 aromatic heterocycles. The fourth-order valence-corrected chi connectivity index (χ4v) is 2.97. The van der Waals surface area contributed by atoms with Gasteiger partial charge in [0.25, 0.3) is 0 Å². The van der Waals surface area contributed by atoms with Crippen LogP contribution >= 0.6 is 11.6 Å². The molecule has 1 saturated heterocycles. The lowest BCUT2D eigenvalue weighted by molar-refractivity contribution is -0.132. The SMILES string of the molecule is O=C(CCCCCl)N1CCCC1Cc1ccccc1. The third kappa shape index (κ3) is 4.24. The highest BCUT2D eigenvalue weighted by Gasteiger charge is 2.27. The Labute approximate surface area is 120 Å². The quantitative estimate of drug-likeness (QED) is 0.575. The van der Waals surface area contributed by atoms with E-state index in [-0.39, 0.29) is 0 Å². The van der Waals surface area contributed by atoms with E-state index in [9.17, 15) is 4.79 Å². The summed E-state index contributed by atoms with van der Waals surface area (Å²) in [6, 6.07) is 10.9. The van der Waals surface area contributed by atoms with Crippen LogP contribution in [0.4, 0.5) is 0 Å². The van der Waals surface area contributed by atoms with Crippen LogP contribution in [0.2, 0.25) is 0 Å². The molecule has 0 aliphatic carbocycles. The van der Waals surface area contributed by atoms with Gasteiger partial charge in [0.1, 0.15) is 0 Å². The number of carbonyl (C=O) groups excluding carboxylic acids is 1. The Bertz CT molecular complexity index is 393. The number of hydrogen-bond acceptors (Lipinski definition) is 1. The molecule has 3 heteroatoms. The molecule has 1 fully saturated rings. The summed E-state index contributed by atoms with van der Waals surface area (Å²) in [5, 5.41) is 0. The van der Waals surface area contributed by atoms with Crippen LogP contribution in [0, 0.1) is 0 Å². The van der Waals surface area contributed by atoms with E-state index in [2.05, 4.69) is 29.2 Å². The molecule has 0 bridgehead atoms. The molecule has 1 unspecified atom stereocenters. The smallest absolute Gasteiger partial charge is 0.222 e. The fourth-order valence-electron chi connectivity index (χ4n) is 2.78. The first kappa shape index (κ1) is 14.4. The molecular formula is C16H22ClNO. The minimum Gasteiger partial charge on any atom is -0.339 e. The maximum absolute atomic E-state index is 12.2. The van der Waals surface area contributed by atoms with Crippen molar-refractivity contribution < 1.29 is 4.79 Å². The zero-order valence-corrected chi connectivity index (χ0v) is 12.1. The predicted octanol–water partition coefficient (Wildman–Crippen LogP) is 3.63. The largest absolute Gasteiger partial charge is 0.339 e. The van der Waals surface area contributed by atoms with Crippen LogP contribution < -0.4 is 0 Å². The molecule has 1 heterocycles. The van der Waals surface area contributed by atoms with Crippen molar-refractivity contribution in [1.29, 1.82) is 0 Å². The molecule has 0 N–H and O–H groups in total. The Morgan fingerprint density at radius 2 is 2.05 bits per heavy atom. The molecule has 2 rings (SSSR count). The fraction of sp³-hybridized carbons (Fsp3) is 0.562. The number of nitrogens with zero attached hydrogens (tertiary/aromatic N) is 1. The van der Waals surface area contributed by atoms with Crippen LogP contribution in [0.15, 0.2) is 30.3 Å². The van der Waals surface area contributed by atoms with Gasteiger partial charge in [0.05, 0.1) is 0 Å². The van der Waals surface area contributed by atoms with Gasteiger partial charge in [0.15, 0.2) is 0 Å². The summed E-state index contributed by atoms with van der Waals surface area (Å²) in [6.07, 6.45) is 5.76. The molecule has 1 atom stereocenters. The lowest BCUT2D eigenvalue weighted by Crippen LogP contribution is -2.36. The van der Waals surface area contributed by atoms with Crippen molar-refractivity contribution in [2.75, 3.05) is 12.4 Å². The maximum atomic E-state index is 12.2. The van der Waals surface area contributed by atoms with Crippen molar-refractivity contribution in [3.8, 4) is 0 Å². The summed E-state index contributed by atoms with van der Waals surface area (Å²) in [6.45, 7) is 0.928. The predicted molar refractivity (Wildman–Crippen MR) is 79.5 cm³/mol. The lowest BCUT2D eigenvalue weighted by Gasteiger charge is -2.25. The van der Waals surface area contributed by atoms with Crippen LogP contribution in [0.1, 0.15) is 37.7 Å². The molecule has 104 valence electrons. The first-order valence-corrected chi connectivity index (χ1v) is 7.74. The second kappa shape index (κ2) is 7.54. The first-order chi connectivity index (χ1) is 9.31. The average Bonchev–Trinajstić information content (AvgIpc) is 2.88. The van der Waals surface area contributed by atoms with Gasteiger partial charge in [-0.05, 0) is 37.7 Å². The Morgan fingerprint density at radius 1 is 1.26 bits per heavy atom. The number of alkyl halides is 1. The van der Waals surface area contributed by atoms with Crippen molar-refractivity contribution in [1.82, 2.24) is 4.90 Å². The van der Waals surface area contributed by atoms with Crippen molar-refractivity contribution in [2.45, 2.75) is 44.6 Å². The summed E-state index contributed by atoms with van der Waals surface area (Å²) < 4.78 is 0. The van der Waals surface area contributed by atoms with Gasteiger partial charge in [0.2, 0.25) is 5.91 Å². The second-order valence-electron chi connectivity index (χ2n) is 5.22. The van der Waals surface area contributed by atoms with E-state index in [4.69, 9.17) is 11.6 Å². The van der Waals surface area contributed by atoms with E-state index in [1.807, 2.05) is 6.07 Å². The van der Waals surface area contributed by atoms with Gasteiger partial charge in [-0.3, -0.25) is 4.79 Å². The minimum absolute atomic E-state index is 0.309. The Morgan fingerprint density at radius 3 is 2.79 bits per heavy atom. The van der Waals surface area contributed by atoms with Crippen molar-refractivity contribution in [3.05, 3.63) is 35.9 Å².